The van der Waals surface area contributed by atoms with Crippen LogP contribution in [0.5, 0.6) is 0 Å². The predicted molar refractivity (Wildman–Crippen MR) is 85.4 cm³/mol. The molecule has 1 aromatic carbocycles. The summed E-state index contributed by atoms with van der Waals surface area (Å²) in [7, 11) is 0. The van der Waals surface area contributed by atoms with Gasteiger partial charge in [0.25, 0.3) is 0 Å². The highest BCUT2D eigenvalue weighted by Gasteiger charge is 2.36. The summed E-state index contributed by atoms with van der Waals surface area (Å²) in [6, 6.07) is 14.3. The van der Waals surface area contributed by atoms with E-state index in [-0.39, 0.29) is 6.61 Å². The Morgan fingerprint density at radius 3 is 2.59 bits per heavy atom. The van der Waals surface area contributed by atoms with Gasteiger partial charge in [0, 0.05) is 38.4 Å². The number of morpholine rings is 1. The molecule has 2 heterocycles. The minimum atomic E-state index is -0.507. The van der Waals surface area contributed by atoms with Crippen molar-refractivity contribution < 1.29 is 9.84 Å². The van der Waals surface area contributed by atoms with Gasteiger partial charge in [-0.05, 0) is 23.3 Å². The number of hydrogen-bond acceptors (Lipinski definition) is 4. The highest BCUT2D eigenvalue weighted by atomic mass is 16.5. The fraction of sp³-hybridized carbons (Fsp3) is 0.389. The maximum Gasteiger partial charge on any atom is 0.108 e. The van der Waals surface area contributed by atoms with Crippen LogP contribution in [0.1, 0.15) is 11.1 Å². The van der Waals surface area contributed by atoms with E-state index in [1.807, 2.05) is 42.7 Å². The van der Waals surface area contributed by atoms with E-state index in [2.05, 4.69) is 22.0 Å². The third-order valence-electron chi connectivity index (χ3n) is 4.14. The number of aromatic nitrogens is 1. The van der Waals surface area contributed by atoms with E-state index >= 15 is 0 Å². The third-order valence-corrected chi connectivity index (χ3v) is 4.14. The lowest BCUT2D eigenvalue weighted by atomic mass is 9.93. The van der Waals surface area contributed by atoms with Crippen molar-refractivity contribution in [2.75, 3.05) is 26.3 Å². The van der Waals surface area contributed by atoms with Gasteiger partial charge in [-0.3, -0.25) is 9.88 Å². The average Bonchev–Trinajstić information content (AvgIpc) is 2.57. The Hall–Kier alpha value is -1.75. The molecule has 0 bridgehead atoms. The molecule has 4 heteroatoms. The van der Waals surface area contributed by atoms with E-state index in [9.17, 15) is 5.11 Å². The summed E-state index contributed by atoms with van der Waals surface area (Å²) < 4.78 is 5.98. The zero-order valence-corrected chi connectivity index (χ0v) is 12.7. The first kappa shape index (κ1) is 15.2. The van der Waals surface area contributed by atoms with Crippen LogP contribution in [0.25, 0.3) is 0 Å². The SMILES string of the molecule is OC[C@@]1(Cc2ccccc2)CN(Cc2ccncc2)CCO1. The lowest BCUT2D eigenvalue weighted by Crippen LogP contribution is -2.55. The summed E-state index contributed by atoms with van der Waals surface area (Å²) in [4.78, 5) is 6.40. The monoisotopic (exact) mass is 298 g/mol. The Kier molecular flexibility index (Phi) is 4.83. The Bertz CT molecular complexity index is 576. The molecule has 0 aliphatic carbocycles. The minimum absolute atomic E-state index is 0.0364. The Morgan fingerprint density at radius 2 is 1.86 bits per heavy atom. The predicted octanol–water partition coefficient (Wildman–Crippen LogP) is 1.89. The highest BCUT2D eigenvalue weighted by molar-refractivity contribution is 5.18. The van der Waals surface area contributed by atoms with E-state index in [1.165, 1.54) is 11.1 Å². The van der Waals surface area contributed by atoms with Crippen molar-refractivity contribution in [3.05, 3.63) is 66.0 Å². The molecule has 3 rings (SSSR count). The summed E-state index contributed by atoms with van der Waals surface area (Å²) in [6.45, 7) is 3.18. The van der Waals surface area contributed by atoms with Crippen LogP contribution in [0.3, 0.4) is 0 Å². The zero-order chi connectivity index (χ0) is 15.3. The van der Waals surface area contributed by atoms with Gasteiger partial charge < -0.3 is 9.84 Å². The molecule has 0 spiro atoms. The van der Waals surface area contributed by atoms with Gasteiger partial charge in [-0.2, -0.15) is 0 Å². The molecule has 2 aromatic rings. The second-order valence-corrected chi connectivity index (χ2v) is 5.92. The summed E-state index contributed by atoms with van der Waals surface area (Å²) in [5.41, 5.74) is 1.93. The van der Waals surface area contributed by atoms with Gasteiger partial charge in [0.2, 0.25) is 0 Å². The van der Waals surface area contributed by atoms with Gasteiger partial charge in [-0.25, -0.2) is 0 Å². The molecule has 116 valence electrons. The second-order valence-electron chi connectivity index (χ2n) is 5.92. The normalized spacial score (nSPS) is 22.6. The standard InChI is InChI=1S/C18H22N2O2/c21-15-18(12-16-4-2-1-3-5-16)14-20(10-11-22-18)13-17-6-8-19-9-7-17/h1-9,21H,10-15H2/t18-/m1/s1. The fourth-order valence-corrected chi connectivity index (χ4v) is 3.03. The van der Waals surface area contributed by atoms with Crippen LogP contribution in [0.4, 0.5) is 0 Å². The molecule has 1 aliphatic rings. The van der Waals surface area contributed by atoms with Crippen LogP contribution >= 0.6 is 0 Å². The third kappa shape index (κ3) is 3.71. The summed E-state index contributed by atoms with van der Waals surface area (Å²) in [6.07, 6.45) is 4.37. The Morgan fingerprint density at radius 1 is 1.09 bits per heavy atom. The van der Waals surface area contributed by atoms with Crippen molar-refractivity contribution in [3.63, 3.8) is 0 Å². The van der Waals surface area contributed by atoms with E-state index in [1.54, 1.807) is 0 Å². The molecule has 0 amide bonds. The molecule has 1 saturated heterocycles. The molecular weight excluding hydrogens is 276 g/mol. The smallest absolute Gasteiger partial charge is 0.108 e. The topological polar surface area (TPSA) is 45.6 Å². The van der Waals surface area contributed by atoms with Gasteiger partial charge in [-0.15, -0.1) is 0 Å². The number of nitrogens with zero attached hydrogens (tertiary/aromatic N) is 2. The molecule has 1 aromatic heterocycles. The second kappa shape index (κ2) is 7.01. The summed E-state index contributed by atoms with van der Waals surface area (Å²) >= 11 is 0. The number of aliphatic hydroxyl groups is 1. The maximum absolute atomic E-state index is 9.93. The Balaban J connectivity index is 1.69. The number of benzene rings is 1. The van der Waals surface area contributed by atoms with E-state index in [0.29, 0.717) is 6.61 Å². The molecule has 1 N–H and O–H groups in total. The van der Waals surface area contributed by atoms with Gasteiger partial charge in [0.1, 0.15) is 5.60 Å². The lowest BCUT2D eigenvalue weighted by Gasteiger charge is -2.42. The average molecular weight is 298 g/mol. The van der Waals surface area contributed by atoms with Crippen LogP contribution in [-0.2, 0) is 17.7 Å². The Labute approximate surface area is 131 Å². The lowest BCUT2D eigenvalue weighted by molar-refractivity contribution is -0.134. The number of rotatable bonds is 5. The van der Waals surface area contributed by atoms with Gasteiger partial charge in [0.05, 0.1) is 13.2 Å². The maximum atomic E-state index is 9.93. The van der Waals surface area contributed by atoms with Gasteiger partial charge in [0.15, 0.2) is 0 Å². The number of pyridine rings is 1. The molecule has 1 aliphatic heterocycles. The zero-order valence-electron chi connectivity index (χ0n) is 12.7. The van der Waals surface area contributed by atoms with Crippen LogP contribution in [0, 0.1) is 0 Å². The van der Waals surface area contributed by atoms with E-state index in [4.69, 9.17) is 4.74 Å². The van der Waals surface area contributed by atoms with Crippen LogP contribution in [0.2, 0.25) is 0 Å². The first-order valence-electron chi connectivity index (χ1n) is 7.70. The van der Waals surface area contributed by atoms with Crippen LogP contribution in [-0.4, -0.2) is 46.9 Å². The minimum Gasteiger partial charge on any atom is -0.393 e. The summed E-state index contributed by atoms with van der Waals surface area (Å²) in [5.74, 6) is 0. The number of ether oxygens (including phenoxy) is 1. The van der Waals surface area contributed by atoms with Crippen LogP contribution in [0.15, 0.2) is 54.9 Å². The number of aliphatic hydroxyl groups excluding tert-OH is 1. The molecule has 22 heavy (non-hydrogen) atoms. The van der Waals surface area contributed by atoms with Gasteiger partial charge in [-0.1, -0.05) is 30.3 Å². The molecule has 1 fully saturated rings. The van der Waals surface area contributed by atoms with Crippen molar-refractivity contribution in [1.82, 2.24) is 9.88 Å². The number of hydrogen-bond donors (Lipinski definition) is 1. The molecular formula is C18H22N2O2. The molecule has 0 radical (unpaired) electrons. The van der Waals surface area contributed by atoms with Crippen molar-refractivity contribution in [2.24, 2.45) is 0 Å². The molecule has 0 unspecified atom stereocenters. The van der Waals surface area contributed by atoms with Gasteiger partial charge >= 0.3 is 0 Å². The van der Waals surface area contributed by atoms with Crippen molar-refractivity contribution in [2.45, 2.75) is 18.6 Å². The fourth-order valence-electron chi connectivity index (χ4n) is 3.03. The van der Waals surface area contributed by atoms with E-state index < -0.39 is 5.60 Å². The quantitative estimate of drug-likeness (QED) is 0.915. The van der Waals surface area contributed by atoms with E-state index in [0.717, 1.165) is 26.1 Å². The first-order valence-corrected chi connectivity index (χ1v) is 7.70. The first-order chi connectivity index (χ1) is 10.8. The molecule has 4 nitrogen and oxygen atoms in total. The van der Waals surface area contributed by atoms with Crippen molar-refractivity contribution in [3.8, 4) is 0 Å². The molecule has 0 saturated carbocycles. The van der Waals surface area contributed by atoms with Crippen molar-refractivity contribution in [1.29, 1.82) is 0 Å². The molecule has 1 atom stereocenters. The largest absolute Gasteiger partial charge is 0.393 e. The highest BCUT2D eigenvalue weighted by Crippen LogP contribution is 2.24. The van der Waals surface area contributed by atoms with Crippen LogP contribution < -0.4 is 0 Å². The van der Waals surface area contributed by atoms with Crippen molar-refractivity contribution >= 4 is 0 Å². The summed E-state index contributed by atoms with van der Waals surface area (Å²) in [5, 5.41) is 9.93.